The molecule has 0 saturated carbocycles. The van der Waals surface area contributed by atoms with Gasteiger partial charge in [0.15, 0.2) is 5.76 Å². The van der Waals surface area contributed by atoms with Crippen molar-refractivity contribution in [2.45, 2.75) is 19.4 Å². The fraction of sp³-hybridized carbons (Fsp3) is 0.182. The van der Waals surface area contributed by atoms with Crippen LogP contribution in [0.15, 0.2) is 77.4 Å². The molecule has 0 unspecified atom stereocenters. The fourth-order valence-corrected chi connectivity index (χ4v) is 2.58. The molecule has 2 N–H and O–H groups in total. The lowest BCUT2D eigenvalue weighted by atomic mass is 10.2. The third kappa shape index (κ3) is 6.02. The fourth-order valence-electron chi connectivity index (χ4n) is 2.58. The van der Waals surface area contributed by atoms with E-state index in [9.17, 15) is 9.59 Å². The van der Waals surface area contributed by atoms with Crippen LogP contribution >= 0.6 is 0 Å². The summed E-state index contributed by atoms with van der Waals surface area (Å²) < 4.78 is 10.8. The summed E-state index contributed by atoms with van der Waals surface area (Å²) in [5.41, 5.74) is 0.952. The van der Waals surface area contributed by atoms with Crippen LogP contribution in [0.4, 0.5) is 0 Å². The molecule has 0 atom stereocenters. The molecule has 1 heterocycles. The summed E-state index contributed by atoms with van der Waals surface area (Å²) >= 11 is 0. The number of furan rings is 1. The van der Waals surface area contributed by atoms with E-state index in [0.29, 0.717) is 25.9 Å². The number of hydrogen-bond donors (Lipinski definition) is 2. The van der Waals surface area contributed by atoms with Gasteiger partial charge >= 0.3 is 0 Å². The van der Waals surface area contributed by atoms with Crippen LogP contribution in [0.5, 0.6) is 11.5 Å². The van der Waals surface area contributed by atoms with Crippen LogP contribution in [0.2, 0.25) is 0 Å². The SMILES string of the molecule is O=C(CCCNC(=O)c1ccco1)NCc1cccc(Oc2ccccc2)c1. The van der Waals surface area contributed by atoms with Crippen LogP contribution in [0.3, 0.4) is 0 Å². The molecule has 0 aliphatic heterocycles. The van der Waals surface area contributed by atoms with Crippen molar-refractivity contribution in [3.8, 4) is 11.5 Å². The quantitative estimate of drug-likeness (QED) is 0.554. The van der Waals surface area contributed by atoms with Crippen molar-refractivity contribution >= 4 is 11.8 Å². The van der Waals surface area contributed by atoms with E-state index in [4.69, 9.17) is 9.15 Å². The zero-order chi connectivity index (χ0) is 19.6. The Labute approximate surface area is 163 Å². The molecule has 2 aromatic carbocycles. The van der Waals surface area contributed by atoms with Crippen molar-refractivity contribution < 1.29 is 18.7 Å². The Kier molecular flexibility index (Phi) is 6.84. The molecule has 0 aliphatic carbocycles. The van der Waals surface area contributed by atoms with Gasteiger partial charge in [0.1, 0.15) is 11.5 Å². The summed E-state index contributed by atoms with van der Waals surface area (Å²) in [6, 6.07) is 20.4. The molecule has 0 bridgehead atoms. The number of carbonyl (C=O) groups excluding carboxylic acids is 2. The normalized spacial score (nSPS) is 10.3. The number of hydrogen-bond acceptors (Lipinski definition) is 4. The van der Waals surface area contributed by atoms with Gasteiger partial charge < -0.3 is 19.8 Å². The van der Waals surface area contributed by atoms with Crippen LogP contribution in [-0.2, 0) is 11.3 Å². The van der Waals surface area contributed by atoms with Crippen molar-refractivity contribution in [3.63, 3.8) is 0 Å². The van der Waals surface area contributed by atoms with E-state index in [1.54, 1.807) is 12.1 Å². The third-order valence-corrected chi connectivity index (χ3v) is 3.98. The predicted octanol–water partition coefficient (Wildman–Crippen LogP) is 3.90. The molecular formula is C22H22N2O4. The standard InChI is InChI=1S/C22H22N2O4/c25-21(12-5-13-23-22(26)20-11-6-14-27-20)24-16-17-7-4-10-19(15-17)28-18-8-2-1-3-9-18/h1-4,6-11,14-15H,5,12-13,16H2,(H,23,26)(H,24,25). The molecule has 144 valence electrons. The van der Waals surface area contributed by atoms with Crippen LogP contribution in [0, 0.1) is 0 Å². The van der Waals surface area contributed by atoms with Crippen molar-refractivity contribution in [2.24, 2.45) is 0 Å². The zero-order valence-corrected chi connectivity index (χ0v) is 15.4. The van der Waals surface area contributed by atoms with Gasteiger partial charge in [-0.3, -0.25) is 9.59 Å². The van der Waals surface area contributed by atoms with Crippen LogP contribution in [0.25, 0.3) is 0 Å². The second kappa shape index (κ2) is 9.97. The van der Waals surface area contributed by atoms with Crippen LogP contribution < -0.4 is 15.4 Å². The summed E-state index contributed by atoms with van der Waals surface area (Å²) in [5.74, 6) is 1.41. The van der Waals surface area contributed by atoms with Crippen molar-refractivity contribution in [3.05, 3.63) is 84.3 Å². The molecule has 0 aliphatic rings. The minimum Gasteiger partial charge on any atom is -0.459 e. The first kappa shape index (κ1) is 19.2. The topological polar surface area (TPSA) is 80.6 Å². The molecule has 0 radical (unpaired) electrons. The molecule has 6 heteroatoms. The average Bonchev–Trinajstić information content (AvgIpc) is 3.26. The molecule has 0 saturated heterocycles. The van der Waals surface area contributed by atoms with Gasteiger partial charge in [-0.25, -0.2) is 0 Å². The lowest BCUT2D eigenvalue weighted by Gasteiger charge is -2.09. The first-order valence-electron chi connectivity index (χ1n) is 9.11. The highest BCUT2D eigenvalue weighted by Crippen LogP contribution is 2.21. The van der Waals surface area contributed by atoms with Gasteiger partial charge in [-0.15, -0.1) is 0 Å². The highest BCUT2D eigenvalue weighted by molar-refractivity contribution is 5.91. The first-order chi connectivity index (χ1) is 13.7. The second-order valence-electron chi connectivity index (χ2n) is 6.18. The summed E-state index contributed by atoms with van der Waals surface area (Å²) in [5, 5.41) is 5.60. The summed E-state index contributed by atoms with van der Waals surface area (Å²) in [7, 11) is 0. The minimum absolute atomic E-state index is 0.0679. The number of carbonyl (C=O) groups is 2. The summed E-state index contributed by atoms with van der Waals surface area (Å²) in [6.45, 7) is 0.830. The molecule has 28 heavy (non-hydrogen) atoms. The Morgan fingerprint density at radius 3 is 2.50 bits per heavy atom. The molecular weight excluding hydrogens is 356 g/mol. The predicted molar refractivity (Wildman–Crippen MR) is 105 cm³/mol. The van der Waals surface area contributed by atoms with Crippen molar-refractivity contribution in [2.75, 3.05) is 6.54 Å². The van der Waals surface area contributed by atoms with Gasteiger partial charge in [-0.1, -0.05) is 30.3 Å². The number of para-hydroxylation sites is 1. The largest absolute Gasteiger partial charge is 0.459 e. The van der Waals surface area contributed by atoms with Crippen molar-refractivity contribution in [1.29, 1.82) is 0 Å². The Morgan fingerprint density at radius 1 is 0.893 bits per heavy atom. The van der Waals surface area contributed by atoms with E-state index in [1.165, 1.54) is 6.26 Å². The molecule has 3 rings (SSSR count). The van der Waals surface area contributed by atoms with Gasteiger partial charge in [0, 0.05) is 19.5 Å². The summed E-state index contributed by atoms with van der Waals surface area (Å²) in [6.07, 6.45) is 2.33. The van der Waals surface area contributed by atoms with E-state index in [2.05, 4.69) is 10.6 Å². The van der Waals surface area contributed by atoms with Gasteiger partial charge in [0.05, 0.1) is 6.26 Å². The monoisotopic (exact) mass is 378 g/mol. The van der Waals surface area contributed by atoms with Gasteiger partial charge in [0.25, 0.3) is 5.91 Å². The Hall–Kier alpha value is -3.54. The number of nitrogens with one attached hydrogen (secondary N) is 2. The smallest absolute Gasteiger partial charge is 0.286 e. The van der Waals surface area contributed by atoms with E-state index < -0.39 is 0 Å². The maximum absolute atomic E-state index is 12.0. The van der Waals surface area contributed by atoms with E-state index in [0.717, 1.165) is 17.1 Å². The third-order valence-electron chi connectivity index (χ3n) is 3.98. The lowest BCUT2D eigenvalue weighted by molar-refractivity contribution is -0.121. The Balaban J connectivity index is 1.37. The molecule has 6 nitrogen and oxygen atoms in total. The Morgan fingerprint density at radius 2 is 1.71 bits per heavy atom. The molecule has 0 fully saturated rings. The highest BCUT2D eigenvalue weighted by Gasteiger charge is 2.08. The minimum atomic E-state index is -0.277. The number of benzene rings is 2. The van der Waals surface area contributed by atoms with Crippen LogP contribution in [-0.4, -0.2) is 18.4 Å². The second-order valence-corrected chi connectivity index (χ2v) is 6.18. The van der Waals surface area contributed by atoms with Gasteiger partial charge in [-0.2, -0.15) is 0 Å². The maximum Gasteiger partial charge on any atom is 0.286 e. The number of rotatable bonds is 9. The highest BCUT2D eigenvalue weighted by atomic mass is 16.5. The van der Waals surface area contributed by atoms with Crippen LogP contribution in [0.1, 0.15) is 29.0 Å². The first-order valence-corrected chi connectivity index (χ1v) is 9.11. The number of ether oxygens (including phenoxy) is 1. The molecule has 2 amide bonds. The zero-order valence-electron chi connectivity index (χ0n) is 15.4. The average molecular weight is 378 g/mol. The van der Waals surface area contributed by atoms with E-state index >= 15 is 0 Å². The van der Waals surface area contributed by atoms with Gasteiger partial charge in [-0.05, 0) is 48.4 Å². The van der Waals surface area contributed by atoms with E-state index in [1.807, 2.05) is 54.6 Å². The van der Waals surface area contributed by atoms with Gasteiger partial charge in [0.2, 0.25) is 5.91 Å². The summed E-state index contributed by atoms with van der Waals surface area (Å²) in [4.78, 5) is 23.7. The lowest BCUT2D eigenvalue weighted by Crippen LogP contribution is -2.27. The Bertz CT molecular complexity index is 892. The number of amides is 2. The maximum atomic E-state index is 12.0. The molecule has 3 aromatic rings. The van der Waals surface area contributed by atoms with E-state index in [-0.39, 0.29) is 17.6 Å². The molecule has 1 aromatic heterocycles. The van der Waals surface area contributed by atoms with Crippen molar-refractivity contribution in [1.82, 2.24) is 10.6 Å². The molecule has 0 spiro atoms.